The van der Waals surface area contributed by atoms with Crippen LogP contribution in [0.5, 0.6) is 0 Å². The first-order valence-corrected chi connectivity index (χ1v) is 2.44. The molecule has 2 heterocycles. The van der Waals surface area contributed by atoms with Gasteiger partial charge in [-0.05, 0) is 20.9 Å². The molecule has 12 heavy (non-hydrogen) atoms. The van der Waals surface area contributed by atoms with Gasteiger partial charge in [0.15, 0.2) is 0 Å². The van der Waals surface area contributed by atoms with Crippen molar-refractivity contribution in [1.29, 1.82) is 0 Å². The normalized spacial score (nSPS) is 8.33. The van der Waals surface area contributed by atoms with E-state index in [-0.39, 0.29) is 103 Å². The molecular formula is C2H4K2N8. The van der Waals surface area contributed by atoms with Crippen LogP contribution in [0.2, 0.25) is 0 Å². The molecule has 0 saturated heterocycles. The molecule has 0 amide bonds. The Morgan fingerprint density at radius 1 is 0.750 bits per heavy atom. The van der Waals surface area contributed by atoms with Crippen LogP contribution in [-0.4, -0.2) is 144 Å². The van der Waals surface area contributed by atoms with Crippen LogP contribution in [0.1, 0.15) is 0 Å². The molecule has 0 spiro atoms. The fraction of sp³-hybridized carbons (Fsp3) is 0. The van der Waals surface area contributed by atoms with Gasteiger partial charge in [-0.25, -0.2) is 10.2 Å². The minimum absolute atomic E-state index is 0. The molecule has 2 aromatic rings. The van der Waals surface area contributed by atoms with Crippen LogP contribution in [-0.2, 0) is 0 Å². The van der Waals surface area contributed by atoms with E-state index in [1.165, 1.54) is 0 Å². The molecule has 2 aromatic heterocycles. The second kappa shape index (κ2) is 6.81. The first kappa shape index (κ1) is 13.4. The Kier molecular flexibility index (Phi) is 7.61. The second-order valence-electron chi connectivity index (χ2n) is 1.50. The fourth-order valence-electron chi connectivity index (χ4n) is 0.519. The minimum atomic E-state index is 0. The molecular weight excluding hydrogens is 214 g/mol. The van der Waals surface area contributed by atoms with Crippen molar-refractivity contribution >= 4 is 103 Å². The molecule has 0 saturated carbocycles. The van der Waals surface area contributed by atoms with Crippen molar-refractivity contribution in [2.75, 3.05) is 0 Å². The van der Waals surface area contributed by atoms with Gasteiger partial charge in [-0.3, -0.25) is 0 Å². The summed E-state index contributed by atoms with van der Waals surface area (Å²) in [5.41, 5.74) is 0. The zero-order chi connectivity index (χ0) is 6.81. The van der Waals surface area contributed by atoms with Gasteiger partial charge in [-0.15, -0.1) is 10.2 Å². The molecule has 0 aromatic carbocycles. The van der Waals surface area contributed by atoms with Crippen molar-refractivity contribution in [2.45, 2.75) is 0 Å². The summed E-state index contributed by atoms with van der Waals surface area (Å²) in [6.45, 7) is 0. The zero-order valence-electron chi connectivity index (χ0n) is 4.68. The Morgan fingerprint density at radius 2 is 1.17 bits per heavy atom. The Labute approximate surface area is 152 Å². The van der Waals surface area contributed by atoms with E-state index >= 15 is 0 Å². The van der Waals surface area contributed by atoms with E-state index in [1.807, 2.05) is 0 Å². The number of nitrogens with zero attached hydrogens (tertiary/aromatic N) is 6. The number of aromatic amines is 2. The van der Waals surface area contributed by atoms with Gasteiger partial charge >= 0.3 is 103 Å². The molecule has 0 fully saturated rings. The smallest absolute Gasteiger partial charge is 0.218 e. The van der Waals surface area contributed by atoms with Gasteiger partial charge in [0.05, 0.1) is 0 Å². The topological polar surface area (TPSA) is 109 Å². The van der Waals surface area contributed by atoms with Crippen LogP contribution in [0.25, 0.3) is 11.6 Å². The summed E-state index contributed by atoms with van der Waals surface area (Å²) in [5.74, 6) is 0.843. The molecule has 0 aliphatic rings. The second-order valence-corrected chi connectivity index (χ2v) is 1.50. The van der Waals surface area contributed by atoms with Gasteiger partial charge in [0, 0.05) is 0 Å². The number of nitrogens with one attached hydrogen (secondary N) is 2. The van der Waals surface area contributed by atoms with Crippen molar-refractivity contribution < 1.29 is 0 Å². The summed E-state index contributed by atoms with van der Waals surface area (Å²) in [7, 11) is 0. The molecule has 10 heteroatoms. The molecule has 0 atom stereocenters. The van der Waals surface area contributed by atoms with Gasteiger partial charge in [-0.2, -0.15) is 0 Å². The molecule has 0 bridgehead atoms. The van der Waals surface area contributed by atoms with Crippen LogP contribution in [0.4, 0.5) is 0 Å². The Balaban J connectivity index is 0.000000605. The van der Waals surface area contributed by atoms with Crippen LogP contribution >= 0.6 is 0 Å². The van der Waals surface area contributed by atoms with Gasteiger partial charge in [0.1, 0.15) is 0 Å². The van der Waals surface area contributed by atoms with Crippen molar-refractivity contribution in [3.05, 3.63) is 0 Å². The van der Waals surface area contributed by atoms with Crippen molar-refractivity contribution in [3.8, 4) is 11.6 Å². The Morgan fingerprint density at radius 3 is 1.42 bits per heavy atom. The monoisotopic (exact) mass is 218 g/mol. The maximum absolute atomic E-state index is 3.57. The third kappa shape index (κ3) is 3.28. The molecule has 2 N–H and O–H groups in total. The van der Waals surface area contributed by atoms with Gasteiger partial charge in [0.2, 0.25) is 11.6 Å². The first-order valence-electron chi connectivity index (χ1n) is 2.44. The molecule has 0 aliphatic heterocycles. The quantitative estimate of drug-likeness (QED) is 0.496. The summed E-state index contributed by atoms with van der Waals surface area (Å²) in [4.78, 5) is 0. The summed E-state index contributed by atoms with van der Waals surface area (Å²) in [5, 5.41) is 25.5. The van der Waals surface area contributed by atoms with Crippen molar-refractivity contribution in [3.63, 3.8) is 0 Å². The summed E-state index contributed by atoms with van der Waals surface area (Å²) in [6.07, 6.45) is 0. The molecule has 0 radical (unpaired) electrons. The molecule has 54 valence electrons. The molecule has 0 aliphatic carbocycles. The SMILES string of the molecule is [KH].[KH].n1n[nH]c(-c2nnn[nH]2)n1. The predicted octanol–water partition coefficient (Wildman–Crippen LogP) is -2.92. The number of tetrazole rings is 2. The van der Waals surface area contributed by atoms with Gasteiger partial charge < -0.3 is 0 Å². The van der Waals surface area contributed by atoms with Crippen molar-refractivity contribution in [1.82, 2.24) is 41.2 Å². The van der Waals surface area contributed by atoms with Crippen LogP contribution in [0.3, 0.4) is 0 Å². The summed E-state index contributed by atoms with van der Waals surface area (Å²) >= 11 is 0. The Hall–Kier alpha value is 1.41. The average Bonchev–Trinajstić information content (AvgIpc) is 2.59. The molecule has 2 rings (SSSR count). The van der Waals surface area contributed by atoms with Gasteiger partial charge in [0.25, 0.3) is 0 Å². The van der Waals surface area contributed by atoms with E-state index in [2.05, 4.69) is 41.2 Å². The van der Waals surface area contributed by atoms with E-state index < -0.39 is 0 Å². The summed E-state index contributed by atoms with van der Waals surface area (Å²) < 4.78 is 0. The number of hydrogen-bond donors (Lipinski definition) is 2. The van der Waals surface area contributed by atoms with E-state index in [1.54, 1.807) is 0 Å². The molecule has 0 unspecified atom stereocenters. The number of aromatic nitrogens is 8. The molecule has 8 nitrogen and oxygen atoms in total. The third-order valence-electron chi connectivity index (χ3n) is 0.915. The Bertz CT molecular complexity index is 254. The van der Waals surface area contributed by atoms with Crippen LogP contribution < -0.4 is 0 Å². The largest absolute Gasteiger partial charge is 0.236 e. The van der Waals surface area contributed by atoms with Gasteiger partial charge in [-0.1, -0.05) is 0 Å². The summed E-state index contributed by atoms with van der Waals surface area (Å²) in [6, 6.07) is 0. The van der Waals surface area contributed by atoms with E-state index in [0.29, 0.717) is 11.6 Å². The number of rotatable bonds is 1. The maximum atomic E-state index is 3.57. The zero-order valence-corrected chi connectivity index (χ0v) is 4.68. The third-order valence-corrected chi connectivity index (χ3v) is 0.915. The number of H-pyrrole nitrogens is 2. The van der Waals surface area contributed by atoms with E-state index in [4.69, 9.17) is 0 Å². The fourth-order valence-corrected chi connectivity index (χ4v) is 0.519. The van der Waals surface area contributed by atoms with Crippen molar-refractivity contribution in [2.24, 2.45) is 0 Å². The predicted molar refractivity (Wildman–Crippen MR) is 41.6 cm³/mol. The van der Waals surface area contributed by atoms with Crippen LogP contribution in [0, 0.1) is 0 Å². The standard InChI is InChI=1S/C2H2N8.2K.2H/c3-1(4-8-7-3)2-5-9-10-6-2;;;;/h(H,3,4,7,8)(H,5,6,9,10);;;;. The average molecular weight is 218 g/mol. The van der Waals surface area contributed by atoms with E-state index in [0.717, 1.165) is 0 Å². The first-order chi connectivity index (χ1) is 4.97. The minimum Gasteiger partial charge on any atom is -0.236 e. The van der Waals surface area contributed by atoms with Crippen LogP contribution in [0.15, 0.2) is 0 Å². The van der Waals surface area contributed by atoms with E-state index in [9.17, 15) is 0 Å². The number of hydrogen-bond acceptors (Lipinski definition) is 6. The maximum Gasteiger partial charge on any atom is 0.218 e.